The van der Waals surface area contributed by atoms with Crippen molar-refractivity contribution in [1.29, 1.82) is 0 Å². The van der Waals surface area contributed by atoms with Crippen molar-refractivity contribution in [2.75, 3.05) is 0 Å². The first-order chi connectivity index (χ1) is 33.6. The van der Waals surface area contributed by atoms with Gasteiger partial charge in [-0.05, 0) is 120 Å². The van der Waals surface area contributed by atoms with Crippen LogP contribution in [0.25, 0.3) is 98.5 Å². The predicted octanol–water partition coefficient (Wildman–Crippen LogP) is 17.0. The minimum Gasteiger partial charge on any atom is -0.309 e. The van der Waals surface area contributed by atoms with Crippen LogP contribution in [0.2, 0.25) is 0 Å². The van der Waals surface area contributed by atoms with Crippen molar-refractivity contribution in [3.05, 3.63) is 253 Å². The van der Waals surface area contributed by atoms with Crippen LogP contribution in [0.1, 0.15) is 30.5 Å². The van der Waals surface area contributed by atoms with Gasteiger partial charge in [0.1, 0.15) is 0 Å². The summed E-state index contributed by atoms with van der Waals surface area (Å²) in [6.45, 7) is 4.48. The lowest BCUT2D eigenvalue weighted by atomic mass is 9.86. The van der Waals surface area contributed by atoms with Crippen LogP contribution in [0.4, 0.5) is 0 Å². The SMILES string of the molecule is CC1=C(c2ccccc2)N=C(c2ccccc2)N=C(c2cccc(-c3cccc4c5ccccc5c5cc(-c6ccc7c8ccccc8n(-c8ccc9ccccc9c8)c7c6)ccc5c34)c2)[C@@H]1C. The Morgan fingerprint density at radius 1 is 0.368 bits per heavy atom. The molecule has 2 heterocycles. The fourth-order valence-electron chi connectivity index (χ4n) is 10.8. The van der Waals surface area contributed by atoms with Crippen LogP contribution in [0, 0.1) is 5.92 Å². The van der Waals surface area contributed by atoms with E-state index in [0.29, 0.717) is 0 Å². The van der Waals surface area contributed by atoms with Gasteiger partial charge in [0.25, 0.3) is 0 Å². The van der Waals surface area contributed by atoms with Gasteiger partial charge in [0, 0.05) is 33.5 Å². The Morgan fingerprint density at radius 2 is 0.956 bits per heavy atom. The quantitative estimate of drug-likeness (QED) is 0.149. The van der Waals surface area contributed by atoms with Crippen LogP contribution in [-0.2, 0) is 0 Å². The van der Waals surface area contributed by atoms with E-state index in [4.69, 9.17) is 9.98 Å². The lowest BCUT2D eigenvalue weighted by molar-refractivity contribution is 0.919. The molecule has 13 rings (SSSR count). The van der Waals surface area contributed by atoms with Crippen LogP contribution in [-0.4, -0.2) is 16.1 Å². The van der Waals surface area contributed by atoms with Gasteiger partial charge in [-0.2, -0.15) is 0 Å². The zero-order chi connectivity index (χ0) is 45.3. The molecule has 0 fully saturated rings. The van der Waals surface area contributed by atoms with Crippen LogP contribution in [0.3, 0.4) is 0 Å². The first kappa shape index (κ1) is 39.7. The summed E-state index contributed by atoms with van der Waals surface area (Å²) in [5, 5.41) is 12.4. The number of hydrogen-bond donors (Lipinski definition) is 0. The predicted molar refractivity (Wildman–Crippen MR) is 289 cm³/mol. The van der Waals surface area contributed by atoms with E-state index >= 15 is 0 Å². The number of nitrogens with zero attached hydrogens (tertiary/aromatic N) is 3. The van der Waals surface area contributed by atoms with Crippen LogP contribution < -0.4 is 0 Å². The second-order valence-corrected chi connectivity index (χ2v) is 18.1. The lowest BCUT2D eigenvalue weighted by Gasteiger charge is -2.18. The van der Waals surface area contributed by atoms with Crippen LogP contribution in [0.5, 0.6) is 0 Å². The Kier molecular flexibility index (Phi) is 9.36. The maximum atomic E-state index is 5.44. The molecule has 320 valence electrons. The Labute approximate surface area is 395 Å². The molecule has 0 amide bonds. The van der Waals surface area contributed by atoms with E-state index in [2.05, 4.69) is 243 Å². The molecule has 3 heteroatoms. The molecule has 1 aliphatic rings. The monoisotopic (exact) mass is 867 g/mol. The molecule has 12 aromatic rings. The third kappa shape index (κ3) is 6.50. The van der Waals surface area contributed by atoms with Gasteiger partial charge in [-0.15, -0.1) is 0 Å². The van der Waals surface area contributed by atoms with Gasteiger partial charge >= 0.3 is 0 Å². The van der Waals surface area contributed by atoms with Gasteiger partial charge in [0.05, 0.1) is 22.4 Å². The molecule has 3 nitrogen and oxygen atoms in total. The molecule has 0 saturated carbocycles. The molecular weight excluding hydrogens is 823 g/mol. The zero-order valence-corrected chi connectivity index (χ0v) is 37.9. The Balaban J connectivity index is 0.971. The summed E-state index contributed by atoms with van der Waals surface area (Å²) in [4.78, 5) is 10.7. The van der Waals surface area contributed by atoms with Crippen molar-refractivity contribution >= 4 is 82.1 Å². The van der Waals surface area contributed by atoms with Crippen molar-refractivity contribution in [2.24, 2.45) is 15.9 Å². The maximum absolute atomic E-state index is 5.44. The number of fused-ring (bicyclic) bond motifs is 10. The van der Waals surface area contributed by atoms with E-state index in [0.717, 1.165) is 45.2 Å². The number of rotatable bonds is 6. The zero-order valence-electron chi connectivity index (χ0n) is 37.9. The fraction of sp³-hybridized carbons (Fsp3) is 0.0462. The van der Waals surface area contributed by atoms with Gasteiger partial charge in [-0.3, -0.25) is 0 Å². The summed E-state index contributed by atoms with van der Waals surface area (Å²) in [5.41, 5.74) is 14.7. The average Bonchev–Trinajstić information content (AvgIpc) is 3.67. The molecule has 0 saturated heterocycles. The number of benzene rings is 11. The molecule has 0 N–H and O–H groups in total. The van der Waals surface area contributed by atoms with Gasteiger partial charge in [0.15, 0.2) is 5.84 Å². The van der Waals surface area contributed by atoms with Crippen molar-refractivity contribution in [3.8, 4) is 27.9 Å². The summed E-state index contributed by atoms with van der Waals surface area (Å²) in [6.07, 6.45) is 0. The first-order valence-electron chi connectivity index (χ1n) is 23.6. The highest BCUT2D eigenvalue weighted by Crippen LogP contribution is 2.43. The number of amidine groups is 1. The smallest absolute Gasteiger partial charge is 0.160 e. The molecule has 0 radical (unpaired) electrons. The van der Waals surface area contributed by atoms with E-state index in [1.165, 1.54) is 87.2 Å². The molecule has 1 aromatic heterocycles. The average molecular weight is 868 g/mol. The van der Waals surface area contributed by atoms with Crippen LogP contribution >= 0.6 is 0 Å². The molecule has 11 aromatic carbocycles. The standard InChI is InChI=1S/C65H45N3/c1-41-42(2)64(67-65(45-20-7-4-8-21-45)66-63(41)44-18-5-3-6-19-44)50-24-15-23-49(37-50)52-28-16-29-57-53-25-11-12-26-54(53)59-39-47(33-36-58(59)62(52)57)48-32-35-56-55-27-13-14-30-60(55)68(61(56)40-48)51-34-31-43-17-9-10-22-46(43)38-51/h3-40,42H,1-2H3/t42-/m1/s1. The minimum absolute atomic E-state index is 0.0224. The normalized spacial score (nSPS) is 14.3. The highest BCUT2D eigenvalue weighted by atomic mass is 15.0. The number of aliphatic imine (C=N–C) groups is 2. The minimum atomic E-state index is 0.0224. The second-order valence-electron chi connectivity index (χ2n) is 18.1. The van der Waals surface area contributed by atoms with E-state index in [1.54, 1.807) is 0 Å². The molecule has 0 spiro atoms. The highest BCUT2D eigenvalue weighted by Gasteiger charge is 2.25. The number of hydrogen-bond acceptors (Lipinski definition) is 2. The number of para-hydroxylation sites is 1. The number of allylic oxidation sites excluding steroid dienone is 1. The van der Waals surface area contributed by atoms with E-state index in [9.17, 15) is 0 Å². The molecular formula is C65H45N3. The fourth-order valence-corrected chi connectivity index (χ4v) is 10.8. The topological polar surface area (TPSA) is 29.6 Å². The lowest BCUT2D eigenvalue weighted by Crippen LogP contribution is -2.15. The van der Waals surface area contributed by atoms with E-state index in [1.807, 2.05) is 6.07 Å². The maximum Gasteiger partial charge on any atom is 0.160 e. The highest BCUT2D eigenvalue weighted by molar-refractivity contribution is 6.29. The summed E-state index contributed by atoms with van der Waals surface area (Å²) >= 11 is 0. The Bertz CT molecular complexity index is 4100. The van der Waals surface area contributed by atoms with Gasteiger partial charge in [-0.1, -0.05) is 201 Å². The third-order valence-electron chi connectivity index (χ3n) is 14.3. The summed E-state index contributed by atoms with van der Waals surface area (Å²) < 4.78 is 2.43. The second kappa shape index (κ2) is 16.0. The van der Waals surface area contributed by atoms with Crippen molar-refractivity contribution in [2.45, 2.75) is 13.8 Å². The first-order valence-corrected chi connectivity index (χ1v) is 23.6. The van der Waals surface area contributed by atoms with E-state index in [-0.39, 0.29) is 5.92 Å². The Hall–Kier alpha value is -8.66. The number of aromatic nitrogens is 1. The summed E-state index contributed by atoms with van der Waals surface area (Å²) in [6, 6.07) is 83.8. The molecule has 0 unspecified atom stereocenters. The van der Waals surface area contributed by atoms with Gasteiger partial charge in [-0.25, -0.2) is 9.98 Å². The summed E-state index contributed by atoms with van der Waals surface area (Å²) in [5.74, 6) is 0.746. The van der Waals surface area contributed by atoms with Gasteiger partial charge in [0.2, 0.25) is 0 Å². The van der Waals surface area contributed by atoms with Gasteiger partial charge < -0.3 is 4.57 Å². The third-order valence-corrected chi connectivity index (χ3v) is 14.3. The largest absolute Gasteiger partial charge is 0.309 e. The molecule has 1 aliphatic heterocycles. The molecule has 68 heavy (non-hydrogen) atoms. The van der Waals surface area contributed by atoms with Crippen molar-refractivity contribution in [1.82, 2.24) is 4.57 Å². The molecule has 0 aliphatic carbocycles. The molecule has 0 bridgehead atoms. The van der Waals surface area contributed by atoms with Crippen molar-refractivity contribution in [3.63, 3.8) is 0 Å². The van der Waals surface area contributed by atoms with Crippen LogP contribution in [0.15, 0.2) is 246 Å². The molecule has 1 atom stereocenters. The van der Waals surface area contributed by atoms with Crippen molar-refractivity contribution < 1.29 is 0 Å². The Morgan fingerprint density at radius 3 is 1.76 bits per heavy atom. The van der Waals surface area contributed by atoms with E-state index < -0.39 is 0 Å². The summed E-state index contributed by atoms with van der Waals surface area (Å²) in [7, 11) is 0.